The maximum absolute atomic E-state index is 12.6. The molecule has 0 atom stereocenters. The summed E-state index contributed by atoms with van der Waals surface area (Å²) in [6, 6.07) is 10.0. The van der Waals surface area contributed by atoms with E-state index in [0.717, 1.165) is 31.2 Å². The monoisotopic (exact) mass is 466 g/mol. The average molecular weight is 466 g/mol. The molecule has 0 bridgehead atoms. The van der Waals surface area contributed by atoms with Gasteiger partial charge in [-0.15, -0.1) is 5.10 Å². The zero-order valence-electron chi connectivity index (χ0n) is 16.7. The summed E-state index contributed by atoms with van der Waals surface area (Å²) in [5.41, 5.74) is 1.06. The van der Waals surface area contributed by atoms with E-state index in [9.17, 15) is 13.6 Å². The molecule has 0 spiro atoms. The maximum Gasteiger partial charge on any atom is 0.345 e. The predicted molar refractivity (Wildman–Crippen MR) is 101 cm³/mol. The molecule has 1 aromatic heterocycles. The number of benzene rings is 1. The van der Waals surface area contributed by atoms with Crippen LogP contribution in [0.1, 0.15) is 54.6 Å². The molecule has 1 saturated carbocycles. The van der Waals surface area contributed by atoms with Crippen LogP contribution in [0.25, 0.3) is 0 Å². The number of halogens is 2. The molecular weight excluding hydrogens is 441 g/mol. The van der Waals surface area contributed by atoms with Crippen LogP contribution in [0.2, 0.25) is 0 Å². The van der Waals surface area contributed by atoms with Crippen molar-refractivity contribution in [2.75, 3.05) is 13.2 Å². The molecule has 9 heteroatoms. The minimum atomic E-state index is -2.26. The van der Waals surface area contributed by atoms with Gasteiger partial charge in [-0.3, -0.25) is 4.68 Å². The number of carbonyl (C=O) groups is 1. The third kappa shape index (κ3) is 6.78. The van der Waals surface area contributed by atoms with E-state index in [-0.39, 0.29) is 35.0 Å². The van der Waals surface area contributed by atoms with Gasteiger partial charge in [-0.2, -0.15) is 0 Å². The zero-order valence-corrected chi connectivity index (χ0v) is 17.7. The number of aromatic nitrogens is 2. The minimum Gasteiger partial charge on any atom is -0.584 e. The number of nitrogens with zero attached hydrogens (tertiary/aromatic N) is 2. The maximum atomic E-state index is 12.6. The summed E-state index contributed by atoms with van der Waals surface area (Å²) < 4.78 is 41.8. The quantitative estimate of drug-likeness (QED) is 0.394. The molecule has 0 saturated heterocycles. The number of esters is 1. The molecule has 6 nitrogen and oxygen atoms in total. The second-order valence-electron chi connectivity index (χ2n) is 7.05. The van der Waals surface area contributed by atoms with Crippen LogP contribution >= 0.6 is 0 Å². The normalized spacial score (nSPS) is 18.7. The van der Waals surface area contributed by atoms with Crippen molar-refractivity contribution in [1.82, 2.24) is 9.78 Å². The van der Waals surface area contributed by atoms with E-state index in [4.69, 9.17) is 9.47 Å². The third-order valence-corrected chi connectivity index (χ3v) is 5.02. The molecule has 1 aliphatic rings. The fourth-order valence-corrected chi connectivity index (χ4v) is 3.55. The van der Waals surface area contributed by atoms with Gasteiger partial charge in [-0.05, 0) is 44.1 Å². The van der Waals surface area contributed by atoms with E-state index >= 15 is 0 Å². The number of hydrogen-bond donors (Lipinski definition) is 0. The van der Waals surface area contributed by atoms with Crippen LogP contribution in [0.15, 0.2) is 36.5 Å². The number of ether oxygens (including phenoxy) is 3. The minimum absolute atomic E-state index is 0. The van der Waals surface area contributed by atoms with Crippen molar-refractivity contribution in [3.63, 3.8) is 0 Å². The average Bonchev–Trinajstić information content (AvgIpc) is 3.13. The predicted octanol–water partition coefficient (Wildman–Crippen LogP) is 4.77. The van der Waals surface area contributed by atoms with E-state index < -0.39 is 18.5 Å². The Labute approximate surface area is 185 Å². The summed E-state index contributed by atoms with van der Waals surface area (Å²) in [5, 5.41) is 4.07. The molecule has 167 valence electrons. The van der Waals surface area contributed by atoms with Gasteiger partial charge < -0.3 is 23.0 Å². The summed E-state index contributed by atoms with van der Waals surface area (Å²) in [7, 11) is 0. The molecule has 0 aliphatic heterocycles. The Morgan fingerprint density at radius 2 is 1.90 bits per heavy atom. The second kappa shape index (κ2) is 12.0. The van der Waals surface area contributed by atoms with Crippen LogP contribution in [-0.2, 0) is 32.9 Å². The Kier molecular flexibility index (Phi) is 9.74. The molecule has 1 fully saturated rings. The van der Waals surface area contributed by atoms with Gasteiger partial charge in [0.2, 0.25) is 5.88 Å². The van der Waals surface area contributed by atoms with Crippen molar-refractivity contribution in [1.29, 1.82) is 0 Å². The molecule has 2 aromatic rings. The summed E-state index contributed by atoms with van der Waals surface area (Å²) in [6.07, 6.45) is 4.96. The van der Waals surface area contributed by atoms with Crippen molar-refractivity contribution in [3.05, 3.63) is 54.3 Å². The second-order valence-corrected chi connectivity index (χ2v) is 7.05. The molecule has 1 aliphatic carbocycles. The van der Waals surface area contributed by atoms with E-state index in [1.807, 2.05) is 30.3 Å². The first-order valence-corrected chi connectivity index (χ1v) is 9.80. The fraction of sp³-hybridized carbons (Fsp3) is 0.476. The zero-order chi connectivity index (χ0) is 20.6. The van der Waals surface area contributed by atoms with Crippen LogP contribution in [0.5, 0.6) is 5.88 Å². The van der Waals surface area contributed by atoms with Gasteiger partial charge in [0.15, 0.2) is 6.61 Å². The smallest absolute Gasteiger partial charge is 0.345 e. The summed E-state index contributed by atoms with van der Waals surface area (Å²) >= 11 is 0. The first-order chi connectivity index (χ1) is 14.1. The molecule has 0 amide bonds. The Bertz CT molecular complexity index is 781. The molecule has 3 rings (SSSR count). The third-order valence-electron chi connectivity index (χ3n) is 5.02. The van der Waals surface area contributed by atoms with Gasteiger partial charge in [0, 0.05) is 29.6 Å². The standard InChI is InChI=1S/C21H25F2N2O4.Co/c1-2-28-20(26)18-12-25(24-19(18)29-21(22)23)17-10-8-16(9-11-17)14-27-13-15-6-4-3-5-7-15;/h3-7,12,16-17H,2,8-11,13-14H2,1H3;/q-1;. The molecular formula is C21H25CoF2N2O4-. The number of rotatable bonds is 9. The number of carbonyl (C=O) groups excluding carboxylic acids is 1. The van der Waals surface area contributed by atoms with Crippen LogP contribution in [0, 0.1) is 12.5 Å². The number of hydrogen-bond acceptors (Lipinski definition) is 5. The van der Waals surface area contributed by atoms with E-state index in [1.54, 1.807) is 11.6 Å². The van der Waals surface area contributed by atoms with E-state index in [0.29, 0.717) is 19.1 Å². The van der Waals surface area contributed by atoms with Crippen LogP contribution in [-0.4, -0.2) is 29.0 Å². The summed E-state index contributed by atoms with van der Waals surface area (Å²) in [4.78, 5) is 12.0. The molecule has 30 heavy (non-hydrogen) atoms. The molecule has 1 aromatic carbocycles. The Morgan fingerprint density at radius 3 is 2.53 bits per heavy atom. The van der Waals surface area contributed by atoms with Gasteiger partial charge >= 0.3 is 5.97 Å². The fourth-order valence-electron chi connectivity index (χ4n) is 3.55. The molecule has 0 N–H and O–H groups in total. The van der Waals surface area contributed by atoms with Crippen molar-refractivity contribution in [2.45, 2.75) is 45.3 Å². The Balaban J connectivity index is 0.00000320. The summed E-state index contributed by atoms with van der Waals surface area (Å²) in [5.74, 6) is -0.697. The molecule has 1 heterocycles. The largest absolute Gasteiger partial charge is 0.584 e. The van der Waals surface area contributed by atoms with Crippen molar-refractivity contribution in [2.24, 2.45) is 5.92 Å². The van der Waals surface area contributed by atoms with Crippen LogP contribution in [0.3, 0.4) is 0 Å². The Hall–Kier alpha value is -1.97. The van der Waals surface area contributed by atoms with Gasteiger partial charge in [-0.25, -0.2) is 4.79 Å². The topological polar surface area (TPSA) is 62.6 Å². The summed E-state index contributed by atoms with van der Waals surface area (Å²) in [6.45, 7) is 0.797. The van der Waals surface area contributed by atoms with Gasteiger partial charge in [0.05, 0.1) is 19.3 Å². The van der Waals surface area contributed by atoms with Crippen molar-refractivity contribution >= 4 is 5.97 Å². The van der Waals surface area contributed by atoms with Crippen LogP contribution in [0.4, 0.5) is 8.78 Å². The van der Waals surface area contributed by atoms with E-state index in [1.165, 1.54) is 6.20 Å². The Morgan fingerprint density at radius 1 is 1.20 bits per heavy atom. The SMILES string of the molecule is CCOC(=O)c1cn(C2CCC(COCc3ccccc3)CC2)nc1O[C-](F)F.[Co]. The van der Waals surface area contributed by atoms with E-state index in [2.05, 4.69) is 9.84 Å². The first-order valence-electron chi connectivity index (χ1n) is 9.80. The molecule has 0 unspecified atom stereocenters. The van der Waals surface area contributed by atoms with Crippen LogP contribution < -0.4 is 4.74 Å². The van der Waals surface area contributed by atoms with Crippen molar-refractivity contribution in [3.8, 4) is 5.88 Å². The van der Waals surface area contributed by atoms with Gasteiger partial charge in [0.25, 0.3) is 0 Å². The van der Waals surface area contributed by atoms with Crippen molar-refractivity contribution < 1.29 is 44.6 Å². The van der Waals surface area contributed by atoms with Gasteiger partial charge in [0.1, 0.15) is 5.56 Å². The van der Waals surface area contributed by atoms with Gasteiger partial charge in [-0.1, -0.05) is 30.3 Å². The molecule has 1 radical (unpaired) electrons. The first kappa shape index (κ1) is 24.3.